The molecule has 7 heteroatoms. The molecule has 2 rings (SSSR count). The van der Waals surface area contributed by atoms with Crippen LogP contribution in [0.3, 0.4) is 0 Å². The molecule has 0 atom stereocenters. The Morgan fingerprint density at radius 2 is 1.80 bits per heavy atom. The molecule has 0 amide bonds. The maximum atomic E-state index is 5.87. The molecule has 0 bridgehead atoms. The summed E-state index contributed by atoms with van der Waals surface area (Å²) in [6.45, 7) is 2.29. The standard InChI is InChI=1S/C13H14ClN3O3/c1-4-20-13-16-11(15-12(14)17-13)8-5-6-9(18-2)10(7-8)19-3/h5-7H,4H2,1-3H3. The van der Waals surface area contributed by atoms with E-state index in [4.69, 9.17) is 25.8 Å². The lowest BCUT2D eigenvalue weighted by molar-refractivity contribution is 0.312. The lowest BCUT2D eigenvalue weighted by atomic mass is 10.2. The van der Waals surface area contributed by atoms with Gasteiger partial charge in [0.05, 0.1) is 20.8 Å². The van der Waals surface area contributed by atoms with Crippen molar-refractivity contribution in [2.75, 3.05) is 20.8 Å². The van der Waals surface area contributed by atoms with Crippen molar-refractivity contribution in [3.05, 3.63) is 23.5 Å². The van der Waals surface area contributed by atoms with Gasteiger partial charge in [-0.1, -0.05) is 0 Å². The third kappa shape index (κ3) is 3.08. The lowest BCUT2D eigenvalue weighted by Crippen LogP contribution is -2.01. The molecule has 2 aromatic rings. The normalized spacial score (nSPS) is 10.2. The minimum Gasteiger partial charge on any atom is -0.493 e. The van der Waals surface area contributed by atoms with E-state index in [2.05, 4.69) is 15.0 Å². The van der Waals surface area contributed by atoms with E-state index < -0.39 is 0 Å². The third-order valence-corrected chi connectivity index (χ3v) is 2.67. The molecule has 6 nitrogen and oxygen atoms in total. The van der Waals surface area contributed by atoms with Gasteiger partial charge in [-0.2, -0.15) is 15.0 Å². The maximum absolute atomic E-state index is 5.87. The van der Waals surface area contributed by atoms with Crippen LogP contribution in [-0.4, -0.2) is 35.8 Å². The van der Waals surface area contributed by atoms with E-state index in [0.717, 1.165) is 5.56 Å². The fourth-order valence-corrected chi connectivity index (χ4v) is 1.78. The summed E-state index contributed by atoms with van der Waals surface area (Å²) in [5.41, 5.74) is 0.730. The summed E-state index contributed by atoms with van der Waals surface area (Å²) in [5.74, 6) is 1.62. The van der Waals surface area contributed by atoms with E-state index in [1.54, 1.807) is 26.4 Å². The van der Waals surface area contributed by atoms with Crippen LogP contribution >= 0.6 is 11.6 Å². The third-order valence-electron chi connectivity index (χ3n) is 2.50. The van der Waals surface area contributed by atoms with Crippen LogP contribution in [0.5, 0.6) is 17.5 Å². The SMILES string of the molecule is CCOc1nc(Cl)nc(-c2ccc(OC)c(OC)c2)n1. The van der Waals surface area contributed by atoms with Crippen molar-refractivity contribution in [1.29, 1.82) is 0 Å². The Hall–Kier alpha value is -2.08. The van der Waals surface area contributed by atoms with Crippen LogP contribution in [0.15, 0.2) is 18.2 Å². The van der Waals surface area contributed by atoms with Gasteiger partial charge in [0, 0.05) is 5.56 Å². The molecule has 0 saturated heterocycles. The molecule has 0 saturated carbocycles. The van der Waals surface area contributed by atoms with Gasteiger partial charge < -0.3 is 14.2 Å². The summed E-state index contributed by atoms with van der Waals surface area (Å²) >= 11 is 5.87. The van der Waals surface area contributed by atoms with E-state index in [9.17, 15) is 0 Å². The minimum atomic E-state index is 0.0771. The van der Waals surface area contributed by atoms with E-state index in [-0.39, 0.29) is 11.3 Å². The van der Waals surface area contributed by atoms with Crippen LogP contribution < -0.4 is 14.2 Å². The van der Waals surface area contributed by atoms with Crippen LogP contribution in [0.2, 0.25) is 5.28 Å². The zero-order valence-electron chi connectivity index (χ0n) is 11.4. The van der Waals surface area contributed by atoms with Crippen LogP contribution in [-0.2, 0) is 0 Å². The zero-order chi connectivity index (χ0) is 14.5. The topological polar surface area (TPSA) is 66.4 Å². The van der Waals surface area contributed by atoms with Crippen molar-refractivity contribution >= 4 is 11.6 Å². The smallest absolute Gasteiger partial charge is 0.321 e. The number of aromatic nitrogens is 3. The van der Waals surface area contributed by atoms with Gasteiger partial charge in [0.25, 0.3) is 0 Å². The second-order valence-electron chi connectivity index (χ2n) is 3.71. The molecule has 20 heavy (non-hydrogen) atoms. The molecular formula is C13H14ClN3O3. The van der Waals surface area contributed by atoms with Crippen molar-refractivity contribution in [3.63, 3.8) is 0 Å². The Balaban J connectivity index is 2.45. The van der Waals surface area contributed by atoms with Gasteiger partial charge >= 0.3 is 6.01 Å². The van der Waals surface area contributed by atoms with Crippen LogP contribution in [0.1, 0.15) is 6.92 Å². The Bertz CT molecular complexity index is 607. The number of ether oxygens (including phenoxy) is 3. The first-order valence-electron chi connectivity index (χ1n) is 5.94. The number of nitrogens with zero attached hydrogens (tertiary/aromatic N) is 3. The molecule has 0 radical (unpaired) electrons. The molecule has 0 aliphatic rings. The maximum Gasteiger partial charge on any atom is 0.321 e. The second-order valence-corrected chi connectivity index (χ2v) is 4.05. The average molecular weight is 296 g/mol. The fourth-order valence-electron chi connectivity index (χ4n) is 1.63. The Morgan fingerprint density at radius 3 is 2.45 bits per heavy atom. The van der Waals surface area contributed by atoms with Gasteiger partial charge in [0.15, 0.2) is 17.3 Å². The predicted octanol–water partition coefficient (Wildman–Crippen LogP) is 2.61. The van der Waals surface area contributed by atoms with Crippen molar-refractivity contribution < 1.29 is 14.2 Å². The molecule has 0 aliphatic carbocycles. The second kappa shape index (κ2) is 6.38. The molecule has 106 valence electrons. The summed E-state index contributed by atoms with van der Waals surface area (Å²) in [4.78, 5) is 12.2. The summed E-state index contributed by atoms with van der Waals surface area (Å²) < 4.78 is 15.7. The largest absolute Gasteiger partial charge is 0.493 e. The first-order valence-corrected chi connectivity index (χ1v) is 6.32. The minimum absolute atomic E-state index is 0.0771. The molecule has 0 unspecified atom stereocenters. The summed E-state index contributed by atoms with van der Waals surface area (Å²) in [7, 11) is 3.14. The molecule has 1 aromatic heterocycles. The van der Waals surface area contributed by atoms with Crippen LogP contribution in [0, 0.1) is 0 Å². The molecule has 0 spiro atoms. The van der Waals surface area contributed by atoms with E-state index in [1.165, 1.54) is 0 Å². The van der Waals surface area contributed by atoms with E-state index in [0.29, 0.717) is 23.9 Å². The monoisotopic (exact) mass is 295 g/mol. The number of halogens is 1. The first-order chi connectivity index (χ1) is 9.67. The molecule has 0 aliphatic heterocycles. The zero-order valence-corrected chi connectivity index (χ0v) is 12.1. The number of hydrogen-bond acceptors (Lipinski definition) is 6. The quantitative estimate of drug-likeness (QED) is 0.845. The molecular weight excluding hydrogens is 282 g/mol. The molecule has 0 N–H and O–H groups in total. The van der Waals surface area contributed by atoms with Gasteiger partial charge in [-0.25, -0.2) is 0 Å². The molecule has 0 fully saturated rings. The van der Waals surface area contributed by atoms with Crippen LogP contribution in [0.25, 0.3) is 11.4 Å². The van der Waals surface area contributed by atoms with Gasteiger partial charge in [0.2, 0.25) is 5.28 Å². The highest BCUT2D eigenvalue weighted by atomic mass is 35.5. The Morgan fingerprint density at radius 1 is 1.05 bits per heavy atom. The molecule has 1 heterocycles. The van der Waals surface area contributed by atoms with Crippen molar-refractivity contribution in [2.24, 2.45) is 0 Å². The predicted molar refractivity (Wildman–Crippen MR) is 74.5 cm³/mol. The summed E-state index contributed by atoms with van der Waals surface area (Å²) in [6.07, 6.45) is 0. The number of methoxy groups -OCH3 is 2. The van der Waals surface area contributed by atoms with Crippen LogP contribution in [0.4, 0.5) is 0 Å². The lowest BCUT2D eigenvalue weighted by Gasteiger charge is -2.09. The highest BCUT2D eigenvalue weighted by molar-refractivity contribution is 6.28. The number of benzene rings is 1. The average Bonchev–Trinajstić information content (AvgIpc) is 2.46. The number of hydrogen-bond donors (Lipinski definition) is 0. The highest BCUT2D eigenvalue weighted by Crippen LogP contribution is 2.31. The fraction of sp³-hybridized carbons (Fsp3) is 0.308. The Kier molecular flexibility index (Phi) is 4.57. The summed E-state index contributed by atoms with van der Waals surface area (Å²) in [6, 6.07) is 5.53. The van der Waals surface area contributed by atoms with Crippen molar-refractivity contribution in [3.8, 4) is 28.9 Å². The van der Waals surface area contributed by atoms with Crippen molar-refractivity contribution in [1.82, 2.24) is 15.0 Å². The molecule has 1 aromatic carbocycles. The van der Waals surface area contributed by atoms with E-state index >= 15 is 0 Å². The van der Waals surface area contributed by atoms with Gasteiger partial charge in [0.1, 0.15) is 0 Å². The van der Waals surface area contributed by atoms with Gasteiger partial charge in [-0.3, -0.25) is 0 Å². The summed E-state index contributed by atoms with van der Waals surface area (Å²) in [5, 5.41) is 0.0771. The Labute approximate surface area is 121 Å². The highest BCUT2D eigenvalue weighted by Gasteiger charge is 2.11. The first kappa shape index (κ1) is 14.3. The van der Waals surface area contributed by atoms with E-state index in [1.807, 2.05) is 13.0 Å². The van der Waals surface area contributed by atoms with Gasteiger partial charge in [-0.05, 0) is 36.7 Å². The number of rotatable bonds is 5. The van der Waals surface area contributed by atoms with Gasteiger partial charge in [-0.15, -0.1) is 0 Å². The van der Waals surface area contributed by atoms with Crippen molar-refractivity contribution in [2.45, 2.75) is 6.92 Å².